The summed E-state index contributed by atoms with van der Waals surface area (Å²) in [5.41, 5.74) is 0. The third-order valence-electron chi connectivity index (χ3n) is 2.90. The van der Waals surface area contributed by atoms with E-state index in [-0.39, 0.29) is 0 Å². The van der Waals surface area contributed by atoms with Crippen molar-refractivity contribution in [3.63, 3.8) is 0 Å². The average Bonchev–Trinajstić information content (AvgIpc) is 1.87. The van der Waals surface area contributed by atoms with E-state index < -0.39 is 0 Å². The lowest BCUT2D eigenvalue weighted by atomic mass is 9.68. The number of fused-ring (bicyclic) bond motifs is 2. The van der Waals surface area contributed by atoms with Crippen LogP contribution in [0, 0.1) is 11.8 Å². The van der Waals surface area contributed by atoms with Gasteiger partial charge in [0.15, 0.2) is 0 Å². The number of ether oxygens (including phenoxy) is 1. The van der Waals surface area contributed by atoms with Gasteiger partial charge in [0.25, 0.3) is 0 Å². The number of nitrogens with zero attached hydrogens (tertiary/aromatic N) is 1. The Kier molecular flexibility index (Phi) is 1.46. The van der Waals surface area contributed by atoms with E-state index in [0.717, 1.165) is 11.8 Å². The Bertz CT molecular complexity index is 125. The van der Waals surface area contributed by atoms with E-state index in [1.165, 1.54) is 19.5 Å². The molecule has 3 atom stereocenters. The van der Waals surface area contributed by atoms with E-state index in [2.05, 4.69) is 11.9 Å². The first-order valence-corrected chi connectivity index (χ1v) is 4.02. The zero-order chi connectivity index (χ0) is 7.14. The highest BCUT2D eigenvalue weighted by atomic mass is 16.5. The van der Waals surface area contributed by atoms with Crippen LogP contribution in [0.4, 0.5) is 0 Å². The summed E-state index contributed by atoms with van der Waals surface area (Å²) >= 11 is 0. The molecule has 1 saturated carbocycles. The van der Waals surface area contributed by atoms with Crippen molar-refractivity contribution in [2.75, 3.05) is 27.2 Å². The van der Waals surface area contributed by atoms with E-state index in [0.29, 0.717) is 6.10 Å². The maximum atomic E-state index is 5.37. The SMILES string of the molecule is CO[C@@H]1[C@@H]2C[C@H]1CN(C)C2. The van der Waals surface area contributed by atoms with Crippen LogP contribution in [0.3, 0.4) is 0 Å². The molecule has 58 valence electrons. The number of methoxy groups -OCH3 is 1. The first kappa shape index (κ1) is 6.62. The molecule has 0 aromatic carbocycles. The van der Waals surface area contributed by atoms with Gasteiger partial charge >= 0.3 is 0 Å². The molecule has 0 spiro atoms. The third-order valence-corrected chi connectivity index (χ3v) is 2.90. The molecule has 1 aliphatic carbocycles. The first-order valence-electron chi connectivity index (χ1n) is 4.02. The molecule has 0 aromatic rings. The lowest BCUT2D eigenvalue weighted by Crippen LogP contribution is -2.57. The molecule has 0 unspecified atom stereocenters. The van der Waals surface area contributed by atoms with Crippen LogP contribution in [0.2, 0.25) is 0 Å². The van der Waals surface area contributed by atoms with Gasteiger partial charge in [-0.15, -0.1) is 0 Å². The molecule has 3 fully saturated rings. The van der Waals surface area contributed by atoms with Crippen LogP contribution in [0.1, 0.15) is 6.42 Å². The summed E-state index contributed by atoms with van der Waals surface area (Å²) in [6.07, 6.45) is 2.00. The Morgan fingerprint density at radius 2 is 1.90 bits per heavy atom. The van der Waals surface area contributed by atoms with Gasteiger partial charge in [0.2, 0.25) is 0 Å². The van der Waals surface area contributed by atoms with Crippen molar-refractivity contribution in [2.45, 2.75) is 12.5 Å². The highest BCUT2D eigenvalue weighted by molar-refractivity contribution is 4.97. The Labute approximate surface area is 62.2 Å². The maximum absolute atomic E-state index is 5.37. The minimum atomic E-state index is 0.594. The summed E-state index contributed by atoms with van der Waals surface area (Å²) in [6, 6.07) is 0. The monoisotopic (exact) mass is 141 g/mol. The lowest BCUT2D eigenvalue weighted by molar-refractivity contribution is -0.121. The van der Waals surface area contributed by atoms with Crippen molar-refractivity contribution < 1.29 is 4.74 Å². The third kappa shape index (κ3) is 0.789. The van der Waals surface area contributed by atoms with Gasteiger partial charge in [-0.1, -0.05) is 0 Å². The molecule has 3 aliphatic rings. The van der Waals surface area contributed by atoms with E-state index >= 15 is 0 Å². The molecule has 2 saturated heterocycles. The number of hydrogen-bond acceptors (Lipinski definition) is 2. The van der Waals surface area contributed by atoms with Crippen molar-refractivity contribution in [1.29, 1.82) is 0 Å². The molecule has 0 aromatic heterocycles. The zero-order valence-electron chi connectivity index (χ0n) is 6.71. The van der Waals surface area contributed by atoms with Gasteiger partial charge in [-0.05, 0) is 25.3 Å². The van der Waals surface area contributed by atoms with Crippen molar-refractivity contribution in [3.8, 4) is 0 Å². The Hall–Kier alpha value is -0.0800. The number of rotatable bonds is 1. The molecule has 10 heavy (non-hydrogen) atoms. The van der Waals surface area contributed by atoms with Gasteiger partial charge in [-0.25, -0.2) is 0 Å². The van der Waals surface area contributed by atoms with Crippen LogP contribution >= 0.6 is 0 Å². The molecule has 0 N–H and O–H groups in total. The van der Waals surface area contributed by atoms with Crippen molar-refractivity contribution in [3.05, 3.63) is 0 Å². The van der Waals surface area contributed by atoms with Crippen LogP contribution in [0.5, 0.6) is 0 Å². The number of piperidine rings is 2. The van der Waals surface area contributed by atoms with Crippen molar-refractivity contribution >= 4 is 0 Å². The van der Waals surface area contributed by atoms with Gasteiger partial charge in [-0.3, -0.25) is 0 Å². The van der Waals surface area contributed by atoms with E-state index in [1.807, 2.05) is 7.11 Å². The minimum absolute atomic E-state index is 0.594. The van der Waals surface area contributed by atoms with Gasteiger partial charge in [0.1, 0.15) is 0 Å². The maximum Gasteiger partial charge on any atom is 0.0652 e. The summed E-state index contributed by atoms with van der Waals surface area (Å²) in [5, 5.41) is 0. The average molecular weight is 141 g/mol. The molecule has 2 bridgehead atoms. The fraction of sp³-hybridized carbons (Fsp3) is 1.00. The molecule has 3 rings (SSSR count). The van der Waals surface area contributed by atoms with E-state index in [9.17, 15) is 0 Å². The quantitative estimate of drug-likeness (QED) is 0.529. The van der Waals surface area contributed by atoms with Gasteiger partial charge in [0, 0.05) is 20.2 Å². The fourth-order valence-electron chi connectivity index (χ4n) is 2.46. The van der Waals surface area contributed by atoms with Crippen molar-refractivity contribution in [2.24, 2.45) is 11.8 Å². The second kappa shape index (κ2) is 2.21. The topological polar surface area (TPSA) is 12.5 Å². The molecular weight excluding hydrogens is 126 g/mol. The first-order chi connectivity index (χ1) is 4.81. The fourth-order valence-corrected chi connectivity index (χ4v) is 2.46. The van der Waals surface area contributed by atoms with E-state index in [1.54, 1.807) is 0 Å². The smallest absolute Gasteiger partial charge is 0.0652 e. The molecule has 2 heteroatoms. The minimum Gasteiger partial charge on any atom is -0.381 e. The Morgan fingerprint density at radius 1 is 1.30 bits per heavy atom. The summed E-state index contributed by atoms with van der Waals surface area (Å²) in [4.78, 5) is 2.41. The van der Waals surface area contributed by atoms with Crippen LogP contribution in [0.25, 0.3) is 0 Å². The highest BCUT2D eigenvalue weighted by Gasteiger charge is 2.45. The van der Waals surface area contributed by atoms with Crippen molar-refractivity contribution in [1.82, 2.24) is 4.90 Å². The highest BCUT2D eigenvalue weighted by Crippen LogP contribution is 2.40. The molecule has 2 heterocycles. The number of hydrogen-bond donors (Lipinski definition) is 0. The lowest BCUT2D eigenvalue weighted by Gasteiger charge is -2.51. The van der Waals surface area contributed by atoms with E-state index in [4.69, 9.17) is 4.74 Å². The van der Waals surface area contributed by atoms with Gasteiger partial charge in [0.05, 0.1) is 6.10 Å². The molecule has 0 radical (unpaired) electrons. The van der Waals surface area contributed by atoms with Crippen LogP contribution in [0.15, 0.2) is 0 Å². The predicted octanol–water partition coefficient (Wildman–Crippen LogP) is 0.583. The second-order valence-electron chi connectivity index (χ2n) is 3.68. The second-order valence-corrected chi connectivity index (χ2v) is 3.68. The summed E-state index contributed by atoms with van der Waals surface area (Å²) in [7, 11) is 4.04. The molecule has 0 amide bonds. The molecular formula is C8H15NO. The Balaban J connectivity index is 1.96. The summed E-state index contributed by atoms with van der Waals surface area (Å²) in [6.45, 7) is 2.49. The van der Waals surface area contributed by atoms with Crippen LogP contribution in [-0.4, -0.2) is 38.3 Å². The largest absolute Gasteiger partial charge is 0.381 e. The summed E-state index contributed by atoms with van der Waals surface area (Å²) < 4.78 is 5.37. The van der Waals surface area contributed by atoms with Gasteiger partial charge < -0.3 is 9.64 Å². The van der Waals surface area contributed by atoms with Crippen LogP contribution < -0.4 is 0 Å². The Morgan fingerprint density at radius 3 is 2.40 bits per heavy atom. The molecule has 2 nitrogen and oxygen atoms in total. The van der Waals surface area contributed by atoms with Gasteiger partial charge in [-0.2, -0.15) is 0 Å². The zero-order valence-corrected chi connectivity index (χ0v) is 6.71. The normalized spacial score (nSPS) is 46.8. The molecule has 2 aliphatic heterocycles. The standard InChI is InChI=1S/C8H15NO/c1-9-4-6-3-7(5-9)8(6)10-2/h6-8H,3-5H2,1-2H3/t6-,7+,8-. The summed E-state index contributed by atoms with van der Waals surface area (Å²) in [5.74, 6) is 1.68. The predicted molar refractivity (Wildman–Crippen MR) is 39.9 cm³/mol. The van der Waals surface area contributed by atoms with Crippen LogP contribution in [-0.2, 0) is 4.74 Å².